The Morgan fingerprint density at radius 1 is 0.962 bits per heavy atom. The van der Waals surface area contributed by atoms with Crippen LogP contribution >= 0.6 is 0 Å². The minimum absolute atomic E-state index is 0.0697. The molecule has 0 aliphatic carbocycles. The Morgan fingerprint density at radius 2 is 1.65 bits per heavy atom. The zero-order valence-corrected chi connectivity index (χ0v) is 14.4. The van der Waals surface area contributed by atoms with Gasteiger partial charge in [-0.1, -0.05) is 18.2 Å². The lowest BCUT2D eigenvalue weighted by molar-refractivity contribution is 0.0859. The van der Waals surface area contributed by atoms with Gasteiger partial charge in [0.05, 0.1) is 6.54 Å². The molecule has 1 aliphatic heterocycles. The number of carbonyl (C=O) groups excluding carboxylic acids is 2. The summed E-state index contributed by atoms with van der Waals surface area (Å²) in [6.45, 7) is 1.69. The Bertz CT molecular complexity index is 784. The van der Waals surface area contributed by atoms with Crippen LogP contribution < -0.4 is 5.32 Å². The maximum absolute atomic E-state index is 12.3. The number of piperidine rings is 1. The molecular weight excluding hydrogens is 332 g/mol. The summed E-state index contributed by atoms with van der Waals surface area (Å²) in [4.78, 5) is 26.5. The number of benzene rings is 2. The fourth-order valence-corrected chi connectivity index (χ4v) is 3.08. The van der Waals surface area contributed by atoms with Crippen molar-refractivity contribution in [1.82, 2.24) is 10.2 Å². The van der Waals surface area contributed by atoms with Crippen LogP contribution in [0, 0.1) is 0 Å². The van der Waals surface area contributed by atoms with Crippen molar-refractivity contribution in [2.75, 3.05) is 19.6 Å². The quantitative estimate of drug-likeness (QED) is 0.566. The number of rotatable bonds is 5. The minimum atomic E-state index is -0.293. The Kier molecular flexibility index (Phi) is 5.53. The van der Waals surface area contributed by atoms with Gasteiger partial charge in [0.2, 0.25) is 0 Å². The molecule has 1 amide bonds. The Morgan fingerprint density at radius 3 is 2.31 bits per heavy atom. The summed E-state index contributed by atoms with van der Waals surface area (Å²) >= 11 is 0. The molecular formula is C20H22N2O4. The fourth-order valence-electron chi connectivity index (χ4n) is 3.08. The minimum Gasteiger partial charge on any atom is -0.504 e. The first-order valence-electron chi connectivity index (χ1n) is 8.66. The van der Waals surface area contributed by atoms with Gasteiger partial charge in [0.1, 0.15) is 0 Å². The lowest BCUT2D eigenvalue weighted by Crippen LogP contribution is -2.45. The van der Waals surface area contributed by atoms with Gasteiger partial charge in [0.25, 0.3) is 5.91 Å². The van der Waals surface area contributed by atoms with Gasteiger partial charge < -0.3 is 15.5 Å². The molecule has 3 rings (SSSR count). The predicted molar refractivity (Wildman–Crippen MR) is 97.5 cm³/mol. The molecule has 6 nitrogen and oxygen atoms in total. The maximum Gasteiger partial charge on any atom is 0.251 e. The van der Waals surface area contributed by atoms with Gasteiger partial charge in [0.15, 0.2) is 17.3 Å². The summed E-state index contributed by atoms with van der Waals surface area (Å²) in [5.74, 6) is -0.707. The number of nitrogens with one attached hydrogen (secondary N) is 1. The highest BCUT2D eigenvalue weighted by atomic mass is 16.3. The average molecular weight is 354 g/mol. The Hall–Kier alpha value is -2.86. The van der Waals surface area contributed by atoms with Crippen LogP contribution in [0.25, 0.3) is 0 Å². The van der Waals surface area contributed by atoms with Crippen LogP contribution in [0.4, 0.5) is 0 Å². The maximum atomic E-state index is 12.3. The highest BCUT2D eigenvalue weighted by molar-refractivity contribution is 5.98. The molecule has 1 fully saturated rings. The molecule has 0 spiro atoms. The highest BCUT2D eigenvalue weighted by Crippen LogP contribution is 2.25. The smallest absolute Gasteiger partial charge is 0.251 e. The number of nitrogens with zero attached hydrogens (tertiary/aromatic N) is 1. The normalized spacial score (nSPS) is 15.5. The van der Waals surface area contributed by atoms with Crippen LogP contribution in [-0.4, -0.2) is 52.5 Å². The molecule has 0 bridgehead atoms. The summed E-state index contributed by atoms with van der Waals surface area (Å²) in [5.41, 5.74) is 1.03. The number of carbonyl (C=O) groups is 2. The van der Waals surface area contributed by atoms with E-state index in [2.05, 4.69) is 5.32 Å². The van der Waals surface area contributed by atoms with Crippen LogP contribution in [-0.2, 0) is 0 Å². The molecule has 6 heteroatoms. The van der Waals surface area contributed by atoms with Gasteiger partial charge in [-0.3, -0.25) is 14.5 Å². The van der Waals surface area contributed by atoms with Crippen LogP contribution in [0.2, 0.25) is 0 Å². The van der Waals surface area contributed by atoms with E-state index in [1.54, 1.807) is 12.1 Å². The van der Waals surface area contributed by atoms with E-state index in [1.165, 1.54) is 18.2 Å². The fraction of sp³-hybridized carbons (Fsp3) is 0.300. The van der Waals surface area contributed by atoms with Gasteiger partial charge in [-0.15, -0.1) is 0 Å². The van der Waals surface area contributed by atoms with E-state index in [1.807, 2.05) is 23.1 Å². The van der Waals surface area contributed by atoms with Crippen molar-refractivity contribution >= 4 is 11.7 Å². The first-order valence-corrected chi connectivity index (χ1v) is 8.66. The van der Waals surface area contributed by atoms with E-state index in [9.17, 15) is 19.8 Å². The Labute approximate surface area is 152 Å². The van der Waals surface area contributed by atoms with E-state index in [0.717, 1.165) is 25.9 Å². The second kappa shape index (κ2) is 8.01. The van der Waals surface area contributed by atoms with E-state index in [-0.39, 0.29) is 35.8 Å². The third kappa shape index (κ3) is 4.40. The van der Waals surface area contributed by atoms with Gasteiger partial charge in [-0.05, 0) is 43.2 Å². The molecule has 26 heavy (non-hydrogen) atoms. The number of hydrogen-bond acceptors (Lipinski definition) is 5. The molecule has 0 saturated carbocycles. The van der Waals surface area contributed by atoms with Gasteiger partial charge in [0, 0.05) is 30.3 Å². The SMILES string of the molecule is O=C(CN1CCC(NC(=O)c2ccccc2)CC1)c1ccc(O)c(O)c1. The third-order valence-corrected chi connectivity index (χ3v) is 4.62. The Balaban J connectivity index is 1.48. The topological polar surface area (TPSA) is 89.9 Å². The molecule has 3 N–H and O–H groups in total. The molecule has 2 aromatic carbocycles. The molecule has 0 atom stereocenters. The van der Waals surface area contributed by atoms with E-state index in [4.69, 9.17) is 0 Å². The van der Waals surface area contributed by atoms with Crippen molar-refractivity contribution in [3.05, 3.63) is 59.7 Å². The zero-order chi connectivity index (χ0) is 18.5. The van der Waals surface area contributed by atoms with Gasteiger partial charge in [-0.25, -0.2) is 0 Å². The summed E-state index contributed by atoms with van der Waals surface area (Å²) in [6.07, 6.45) is 1.57. The van der Waals surface area contributed by atoms with E-state index in [0.29, 0.717) is 11.1 Å². The molecule has 1 saturated heterocycles. The lowest BCUT2D eigenvalue weighted by Gasteiger charge is -2.31. The van der Waals surface area contributed by atoms with E-state index >= 15 is 0 Å². The molecule has 0 aromatic heterocycles. The molecule has 0 radical (unpaired) electrons. The molecule has 1 heterocycles. The number of aromatic hydroxyl groups is 2. The van der Waals surface area contributed by atoms with Crippen LogP contribution in [0.5, 0.6) is 11.5 Å². The summed E-state index contributed by atoms with van der Waals surface area (Å²) in [7, 11) is 0. The first kappa shape index (κ1) is 17.9. The van der Waals surface area contributed by atoms with Gasteiger partial charge in [-0.2, -0.15) is 0 Å². The lowest BCUT2D eigenvalue weighted by atomic mass is 10.0. The standard InChI is InChI=1S/C20H22N2O4/c23-17-7-6-15(12-18(17)24)19(25)13-22-10-8-16(9-11-22)21-20(26)14-4-2-1-3-5-14/h1-7,12,16,23-24H,8-11,13H2,(H,21,26). The number of Topliss-reactive ketones (excluding diaryl/α,β-unsaturated/α-hetero) is 1. The molecule has 0 unspecified atom stereocenters. The predicted octanol–water partition coefficient (Wildman–Crippen LogP) is 2.17. The third-order valence-electron chi connectivity index (χ3n) is 4.62. The van der Waals surface area contributed by atoms with Crippen molar-refractivity contribution in [2.24, 2.45) is 0 Å². The van der Waals surface area contributed by atoms with Crippen molar-refractivity contribution in [1.29, 1.82) is 0 Å². The number of ketones is 1. The highest BCUT2D eigenvalue weighted by Gasteiger charge is 2.23. The number of phenolic OH excluding ortho intramolecular Hbond substituents is 2. The van der Waals surface area contributed by atoms with Gasteiger partial charge >= 0.3 is 0 Å². The van der Waals surface area contributed by atoms with Crippen LogP contribution in [0.1, 0.15) is 33.6 Å². The molecule has 2 aromatic rings. The van der Waals surface area contributed by atoms with Crippen LogP contribution in [0.15, 0.2) is 48.5 Å². The second-order valence-corrected chi connectivity index (χ2v) is 6.52. The van der Waals surface area contributed by atoms with Crippen molar-refractivity contribution < 1.29 is 19.8 Å². The molecule has 136 valence electrons. The molecule has 1 aliphatic rings. The largest absolute Gasteiger partial charge is 0.504 e. The number of hydrogen-bond donors (Lipinski definition) is 3. The van der Waals surface area contributed by atoms with Crippen molar-refractivity contribution in [3.63, 3.8) is 0 Å². The van der Waals surface area contributed by atoms with Crippen molar-refractivity contribution in [2.45, 2.75) is 18.9 Å². The number of likely N-dealkylation sites (tertiary alicyclic amines) is 1. The summed E-state index contributed by atoms with van der Waals surface area (Å²) in [6, 6.07) is 13.3. The van der Waals surface area contributed by atoms with E-state index < -0.39 is 0 Å². The number of amides is 1. The zero-order valence-electron chi connectivity index (χ0n) is 14.4. The summed E-state index contributed by atoms with van der Waals surface area (Å²) < 4.78 is 0. The number of phenols is 2. The van der Waals surface area contributed by atoms with Crippen LogP contribution in [0.3, 0.4) is 0 Å². The monoisotopic (exact) mass is 354 g/mol. The summed E-state index contributed by atoms with van der Waals surface area (Å²) in [5, 5.41) is 21.9. The second-order valence-electron chi connectivity index (χ2n) is 6.52. The van der Waals surface area contributed by atoms with Crippen molar-refractivity contribution in [3.8, 4) is 11.5 Å². The first-order chi connectivity index (χ1) is 12.5. The average Bonchev–Trinajstić information content (AvgIpc) is 2.66.